The van der Waals surface area contributed by atoms with E-state index >= 15 is 0 Å². The molecule has 1 fully saturated rings. The maximum Gasteiger partial charge on any atom is 0.309 e. The smallest absolute Gasteiger partial charge is 0.309 e. The first-order valence-electron chi connectivity index (χ1n) is 13.2. The molecule has 0 bridgehead atoms. The van der Waals surface area contributed by atoms with E-state index in [-0.39, 0.29) is 35.5 Å². The number of piperidine rings is 1. The molecule has 0 atom stereocenters. The normalized spacial score (nSPS) is 14.0. The standard InChI is InChI=1S/C30H33FN2O6S/c1-3-39-30(35)23-13-15-33(16-14-23)29(34)19-21-7-9-26(10-8-21)32-40(36,37)28-12-11-27(38-2)20-24(28)17-22-5-4-6-25(31)18-22/h4-12,18,20,23,32H,3,13-17,19H2,1-2H3. The first-order valence-corrected chi connectivity index (χ1v) is 14.6. The van der Waals surface area contributed by atoms with E-state index in [1.807, 2.05) is 0 Å². The largest absolute Gasteiger partial charge is 0.497 e. The van der Waals surface area contributed by atoms with Crippen LogP contribution in [0.3, 0.4) is 0 Å². The molecular weight excluding hydrogens is 535 g/mol. The number of likely N-dealkylation sites (tertiary alicyclic amines) is 1. The third kappa shape index (κ3) is 7.38. The fourth-order valence-corrected chi connectivity index (χ4v) is 6.04. The highest BCUT2D eigenvalue weighted by atomic mass is 32.2. The summed E-state index contributed by atoms with van der Waals surface area (Å²) in [5, 5.41) is 0. The summed E-state index contributed by atoms with van der Waals surface area (Å²) in [6.45, 7) is 3.12. The number of ether oxygens (including phenoxy) is 2. The number of carbonyl (C=O) groups excluding carboxylic acids is 2. The number of methoxy groups -OCH3 is 1. The van der Waals surface area contributed by atoms with Gasteiger partial charge >= 0.3 is 5.97 Å². The van der Waals surface area contributed by atoms with Gasteiger partial charge in [0.15, 0.2) is 0 Å². The molecule has 0 unspecified atom stereocenters. The lowest BCUT2D eigenvalue weighted by molar-refractivity contribution is -0.151. The zero-order chi connectivity index (χ0) is 28.7. The molecule has 0 aliphatic carbocycles. The molecule has 1 saturated heterocycles. The molecule has 3 aromatic carbocycles. The van der Waals surface area contributed by atoms with Crippen molar-refractivity contribution in [1.29, 1.82) is 0 Å². The Hall–Kier alpha value is -3.92. The van der Waals surface area contributed by atoms with Gasteiger partial charge < -0.3 is 14.4 Å². The van der Waals surface area contributed by atoms with Gasteiger partial charge in [-0.3, -0.25) is 14.3 Å². The van der Waals surface area contributed by atoms with Crippen LogP contribution in [0.15, 0.2) is 71.6 Å². The van der Waals surface area contributed by atoms with Crippen molar-refractivity contribution in [2.24, 2.45) is 5.92 Å². The maximum atomic E-state index is 13.7. The number of nitrogens with zero attached hydrogens (tertiary/aromatic N) is 1. The summed E-state index contributed by atoms with van der Waals surface area (Å²) in [4.78, 5) is 26.5. The molecule has 0 radical (unpaired) electrons. The molecule has 1 aliphatic rings. The van der Waals surface area contributed by atoms with Crippen LogP contribution in [0.5, 0.6) is 5.75 Å². The average Bonchev–Trinajstić information content (AvgIpc) is 2.94. The van der Waals surface area contributed by atoms with Crippen molar-refractivity contribution in [2.45, 2.75) is 37.5 Å². The van der Waals surface area contributed by atoms with Crippen molar-refractivity contribution in [3.05, 3.63) is 89.2 Å². The molecular formula is C30H33FN2O6S. The highest BCUT2D eigenvalue weighted by Gasteiger charge is 2.28. The Morgan fingerprint density at radius 2 is 1.73 bits per heavy atom. The van der Waals surface area contributed by atoms with E-state index in [0.29, 0.717) is 55.1 Å². The Labute approximate surface area is 234 Å². The van der Waals surface area contributed by atoms with Gasteiger partial charge in [0.2, 0.25) is 5.91 Å². The number of nitrogens with one attached hydrogen (secondary N) is 1. The van der Waals surface area contributed by atoms with Gasteiger partial charge in [0.1, 0.15) is 11.6 Å². The Kier molecular flexibility index (Phi) is 9.42. The Morgan fingerprint density at radius 1 is 1.00 bits per heavy atom. The molecule has 1 N–H and O–H groups in total. The van der Waals surface area contributed by atoms with Crippen LogP contribution in [0.4, 0.5) is 10.1 Å². The molecule has 40 heavy (non-hydrogen) atoms. The number of hydrogen-bond acceptors (Lipinski definition) is 6. The number of halogens is 1. The molecule has 212 valence electrons. The quantitative estimate of drug-likeness (QED) is 0.360. The van der Waals surface area contributed by atoms with Gasteiger partial charge in [-0.1, -0.05) is 24.3 Å². The van der Waals surface area contributed by atoms with E-state index in [1.54, 1.807) is 60.4 Å². The molecule has 10 heteroatoms. The van der Waals surface area contributed by atoms with E-state index in [4.69, 9.17) is 9.47 Å². The fraction of sp³-hybridized carbons (Fsp3) is 0.333. The summed E-state index contributed by atoms with van der Waals surface area (Å²) < 4.78 is 53.4. The van der Waals surface area contributed by atoms with Gasteiger partial charge in [-0.25, -0.2) is 12.8 Å². The molecule has 8 nitrogen and oxygen atoms in total. The van der Waals surface area contributed by atoms with E-state index in [1.165, 1.54) is 25.3 Å². The van der Waals surface area contributed by atoms with E-state index < -0.39 is 15.8 Å². The van der Waals surface area contributed by atoms with Gasteiger partial charge in [-0.15, -0.1) is 0 Å². The van der Waals surface area contributed by atoms with Crippen molar-refractivity contribution in [2.75, 3.05) is 31.5 Å². The Morgan fingerprint density at radius 3 is 2.38 bits per heavy atom. The van der Waals surface area contributed by atoms with Crippen molar-refractivity contribution in [1.82, 2.24) is 4.90 Å². The molecule has 3 aromatic rings. The van der Waals surface area contributed by atoms with E-state index in [9.17, 15) is 22.4 Å². The number of anilines is 1. The number of amides is 1. The number of esters is 1. The first kappa shape index (κ1) is 29.1. The number of hydrogen-bond donors (Lipinski definition) is 1. The van der Waals surface area contributed by atoms with Gasteiger partial charge in [0.05, 0.1) is 31.0 Å². The summed E-state index contributed by atoms with van der Waals surface area (Å²) in [6, 6.07) is 17.3. The second-order valence-corrected chi connectivity index (χ2v) is 11.3. The van der Waals surface area contributed by atoms with Gasteiger partial charge in [-0.05, 0) is 85.3 Å². The number of sulfonamides is 1. The summed E-state index contributed by atoms with van der Waals surface area (Å²) in [6.07, 6.45) is 1.53. The van der Waals surface area contributed by atoms with E-state index in [2.05, 4.69) is 4.72 Å². The third-order valence-corrected chi connectivity index (χ3v) is 8.35. The SMILES string of the molecule is CCOC(=O)C1CCN(C(=O)Cc2ccc(NS(=O)(=O)c3ccc(OC)cc3Cc3cccc(F)c3)cc2)CC1. The average molecular weight is 569 g/mol. The molecule has 0 aromatic heterocycles. The highest BCUT2D eigenvalue weighted by Crippen LogP contribution is 2.27. The highest BCUT2D eigenvalue weighted by molar-refractivity contribution is 7.92. The number of carbonyl (C=O) groups is 2. The van der Waals surface area contributed by atoms with Crippen molar-refractivity contribution in [3.8, 4) is 5.75 Å². The second kappa shape index (κ2) is 13.0. The van der Waals surface area contributed by atoms with Crippen LogP contribution in [0.1, 0.15) is 36.5 Å². The molecule has 1 amide bonds. The lowest BCUT2D eigenvalue weighted by atomic mass is 9.96. The molecule has 4 rings (SSSR count). The van der Waals surface area contributed by atoms with Crippen molar-refractivity contribution < 1.29 is 31.9 Å². The summed E-state index contributed by atoms with van der Waals surface area (Å²) >= 11 is 0. The van der Waals surface area contributed by atoms with Crippen LogP contribution in [-0.4, -0.2) is 52.0 Å². The minimum atomic E-state index is -3.98. The maximum absolute atomic E-state index is 13.7. The molecule has 0 saturated carbocycles. The topological polar surface area (TPSA) is 102 Å². The van der Waals surface area contributed by atoms with E-state index in [0.717, 1.165) is 5.56 Å². The monoisotopic (exact) mass is 568 g/mol. The van der Waals surface area contributed by atoms with Gasteiger partial charge in [0.25, 0.3) is 10.0 Å². The minimum absolute atomic E-state index is 0.0455. The Bertz CT molecular complexity index is 1450. The first-order chi connectivity index (χ1) is 19.2. The summed E-state index contributed by atoms with van der Waals surface area (Å²) in [5.41, 5.74) is 2.19. The van der Waals surface area contributed by atoms with Crippen molar-refractivity contribution >= 4 is 27.6 Å². The van der Waals surface area contributed by atoms with Crippen LogP contribution >= 0.6 is 0 Å². The van der Waals surface area contributed by atoms with Gasteiger partial charge in [0, 0.05) is 18.8 Å². The van der Waals surface area contributed by atoms with Crippen LogP contribution in [-0.2, 0) is 37.2 Å². The fourth-order valence-electron chi connectivity index (χ4n) is 4.76. The van der Waals surface area contributed by atoms with Crippen LogP contribution < -0.4 is 9.46 Å². The predicted octanol–water partition coefficient (Wildman–Crippen LogP) is 4.57. The summed E-state index contributed by atoms with van der Waals surface area (Å²) in [7, 11) is -2.49. The number of rotatable bonds is 10. The lowest BCUT2D eigenvalue weighted by Gasteiger charge is -2.31. The van der Waals surface area contributed by atoms with Crippen LogP contribution in [0.2, 0.25) is 0 Å². The second-order valence-electron chi connectivity index (χ2n) is 9.67. The minimum Gasteiger partial charge on any atom is -0.497 e. The predicted molar refractivity (Wildman–Crippen MR) is 149 cm³/mol. The van der Waals surface area contributed by atoms with Crippen LogP contribution in [0, 0.1) is 11.7 Å². The summed E-state index contributed by atoms with van der Waals surface area (Å²) in [5.74, 6) is -0.331. The molecule has 1 heterocycles. The van der Waals surface area contributed by atoms with Crippen LogP contribution in [0.25, 0.3) is 0 Å². The molecule has 0 spiro atoms. The van der Waals surface area contributed by atoms with Gasteiger partial charge in [-0.2, -0.15) is 0 Å². The zero-order valence-electron chi connectivity index (χ0n) is 22.6. The Balaban J connectivity index is 1.41. The molecule has 1 aliphatic heterocycles. The number of benzene rings is 3. The third-order valence-electron chi connectivity index (χ3n) is 6.87. The van der Waals surface area contributed by atoms with Crippen molar-refractivity contribution in [3.63, 3.8) is 0 Å². The lowest BCUT2D eigenvalue weighted by Crippen LogP contribution is -2.41. The zero-order valence-corrected chi connectivity index (χ0v) is 23.4.